The molecule has 1 amide bonds. The van der Waals surface area contributed by atoms with Crippen molar-refractivity contribution < 1.29 is 53.7 Å². The Morgan fingerprint density at radius 2 is 1.53 bits per heavy atom. The van der Waals surface area contributed by atoms with Crippen molar-refractivity contribution in [1.82, 2.24) is 5.32 Å². The number of carbonyl (C=O) groups excluding carboxylic acids is 2. The van der Waals surface area contributed by atoms with Crippen LogP contribution < -0.4 is 5.32 Å². The standard InChI is InChI=1S/C24H43NO11/c1-13-20(5,30)23(8,31)24(9,22(7,34-13)16(29)32-10)36-17-19(4,25-14(2)27)21(6,33-11)15(28)18(3,12-26)35-17/h13,15,17,26,28,30-31H,12H2,1-11H3,(H,25,27). The number of rotatable bonds is 6. The number of hydrogen-bond donors (Lipinski definition) is 5. The molecule has 10 unspecified atom stereocenters. The van der Waals surface area contributed by atoms with Gasteiger partial charge in [-0.05, 0) is 55.4 Å². The third-order valence-corrected chi connectivity index (χ3v) is 9.10. The number of aliphatic hydroxyl groups is 4. The molecule has 12 heteroatoms. The van der Waals surface area contributed by atoms with Gasteiger partial charge in [0.15, 0.2) is 11.9 Å². The molecule has 210 valence electrons. The summed E-state index contributed by atoms with van der Waals surface area (Å²) in [5, 5.41) is 47.3. The van der Waals surface area contributed by atoms with Crippen LogP contribution in [0.4, 0.5) is 0 Å². The quantitative estimate of drug-likeness (QED) is 0.282. The summed E-state index contributed by atoms with van der Waals surface area (Å²) >= 11 is 0. The zero-order chi connectivity index (χ0) is 28.3. The zero-order valence-corrected chi connectivity index (χ0v) is 23.1. The second-order valence-corrected chi connectivity index (χ2v) is 11.2. The summed E-state index contributed by atoms with van der Waals surface area (Å²) < 4.78 is 29.2. The van der Waals surface area contributed by atoms with E-state index in [1.165, 1.54) is 69.4 Å². The highest BCUT2D eigenvalue weighted by Crippen LogP contribution is 2.54. The molecule has 2 saturated heterocycles. The minimum Gasteiger partial charge on any atom is -0.467 e. The number of nitrogens with one attached hydrogen (secondary N) is 1. The highest BCUT2D eigenvalue weighted by Gasteiger charge is 2.76. The molecule has 12 nitrogen and oxygen atoms in total. The zero-order valence-electron chi connectivity index (χ0n) is 23.1. The van der Waals surface area contributed by atoms with Crippen molar-refractivity contribution in [3.8, 4) is 0 Å². The van der Waals surface area contributed by atoms with Crippen molar-refractivity contribution in [2.75, 3.05) is 20.8 Å². The maximum Gasteiger partial charge on any atom is 0.341 e. The van der Waals surface area contributed by atoms with Gasteiger partial charge in [0.05, 0.1) is 19.8 Å². The average molecular weight is 522 g/mol. The lowest BCUT2D eigenvalue weighted by atomic mass is 9.61. The van der Waals surface area contributed by atoms with E-state index in [4.69, 9.17) is 23.7 Å². The van der Waals surface area contributed by atoms with Gasteiger partial charge in [0.1, 0.15) is 39.6 Å². The van der Waals surface area contributed by atoms with E-state index in [-0.39, 0.29) is 0 Å². The van der Waals surface area contributed by atoms with E-state index < -0.39 is 76.1 Å². The first-order valence-corrected chi connectivity index (χ1v) is 11.8. The SMILES string of the molecule is COC(=O)C1(C)OC(C)C(C)(O)C(C)(O)C1(C)OC1OC(C)(CO)C(O)C(C)(OC)C1(C)NC(C)=O. The van der Waals surface area contributed by atoms with Crippen molar-refractivity contribution in [3.63, 3.8) is 0 Å². The first-order valence-electron chi connectivity index (χ1n) is 11.8. The molecule has 5 N–H and O–H groups in total. The lowest BCUT2D eigenvalue weighted by molar-refractivity contribution is -0.430. The predicted octanol–water partition coefficient (Wildman–Crippen LogP) is -0.618. The summed E-state index contributed by atoms with van der Waals surface area (Å²) in [4.78, 5) is 25.4. The molecular formula is C24H43NO11. The summed E-state index contributed by atoms with van der Waals surface area (Å²) in [6.07, 6.45) is -4.08. The molecule has 0 aromatic rings. The van der Waals surface area contributed by atoms with Gasteiger partial charge in [-0.1, -0.05) is 0 Å². The summed E-state index contributed by atoms with van der Waals surface area (Å²) in [6, 6.07) is 0. The van der Waals surface area contributed by atoms with E-state index >= 15 is 0 Å². The van der Waals surface area contributed by atoms with Gasteiger partial charge in [-0.2, -0.15) is 0 Å². The fourth-order valence-electron chi connectivity index (χ4n) is 5.47. The Bertz CT molecular complexity index is 880. The number of methoxy groups -OCH3 is 2. The van der Waals surface area contributed by atoms with Gasteiger partial charge in [-0.25, -0.2) is 4.79 Å². The Kier molecular flexibility index (Phi) is 7.82. The van der Waals surface area contributed by atoms with Gasteiger partial charge >= 0.3 is 5.97 Å². The molecule has 0 radical (unpaired) electrons. The van der Waals surface area contributed by atoms with Crippen LogP contribution in [-0.2, 0) is 33.3 Å². The van der Waals surface area contributed by atoms with E-state index in [1.807, 2.05) is 0 Å². The number of ether oxygens (including phenoxy) is 5. The van der Waals surface area contributed by atoms with E-state index in [2.05, 4.69) is 5.32 Å². The molecule has 2 heterocycles. The topological polar surface area (TPSA) is 173 Å². The molecule has 36 heavy (non-hydrogen) atoms. The van der Waals surface area contributed by atoms with Crippen LogP contribution in [0.1, 0.15) is 62.3 Å². The highest BCUT2D eigenvalue weighted by molar-refractivity contribution is 5.81. The van der Waals surface area contributed by atoms with E-state index in [0.717, 1.165) is 7.11 Å². The second-order valence-electron chi connectivity index (χ2n) is 11.2. The normalized spacial score (nSPS) is 51.5. The third-order valence-electron chi connectivity index (χ3n) is 9.10. The number of carbonyl (C=O) groups is 2. The van der Waals surface area contributed by atoms with Crippen LogP contribution in [0.5, 0.6) is 0 Å². The molecule has 0 bridgehead atoms. The van der Waals surface area contributed by atoms with Crippen molar-refractivity contribution >= 4 is 11.9 Å². The first kappa shape index (κ1) is 30.8. The van der Waals surface area contributed by atoms with Gasteiger partial charge in [0, 0.05) is 14.0 Å². The van der Waals surface area contributed by atoms with Crippen LogP contribution in [0.3, 0.4) is 0 Å². The van der Waals surface area contributed by atoms with Gasteiger partial charge in [0.25, 0.3) is 0 Å². The Labute approximate surface area is 212 Å². The molecule has 2 aliphatic rings. The van der Waals surface area contributed by atoms with Crippen molar-refractivity contribution in [3.05, 3.63) is 0 Å². The summed E-state index contributed by atoms with van der Waals surface area (Å²) in [7, 11) is 2.46. The fraction of sp³-hybridized carbons (Fsp3) is 0.917. The number of esters is 1. The third kappa shape index (κ3) is 3.80. The van der Waals surface area contributed by atoms with Crippen LogP contribution >= 0.6 is 0 Å². The van der Waals surface area contributed by atoms with Crippen LogP contribution in [0.15, 0.2) is 0 Å². The number of amides is 1. The van der Waals surface area contributed by atoms with Crippen LogP contribution in [0.25, 0.3) is 0 Å². The van der Waals surface area contributed by atoms with E-state index in [1.54, 1.807) is 0 Å². The average Bonchev–Trinajstić information content (AvgIpc) is 2.78. The number of hydrogen-bond acceptors (Lipinski definition) is 11. The fourth-order valence-corrected chi connectivity index (χ4v) is 5.47. The molecule has 0 spiro atoms. The molecule has 10 atom stereocenters. The maximum absolute atomic E-state index is 13.1. The molecule has 2 rings (SSSR count). The Balaban J connectivity index is 2.85. The van der Waals surface area contributed by atoms with Crippen molar-refractivity contribution in [2.45, 2.75) is 120 Å². The smallest absolute Gasteiger partial charge is 0.341 e. The summed E-state index contributed by atoms with van der Waals surface area (Å²) in [5.41, 5.74) is -13.2. The van der Waals surface area contributed by atoms with E-state index in [9.17, 15) is 30.0 Å². The van der Waals surface area contributed by atoms with Crippen molar-refractivity contribution in [2.24, 2.45) is 0 Å². The van der Waals surface area contributed by atoms with Gasteiger partial charge < -0.3 is 49.4 Å². The minimum absolute atomic E-state index is 0.522. The van der Waals surface area contributed by atoms with Crippen LogP contribution in [0.2, 0.25) is 0 Å². The first-order chi connectivity index (χ1) is 16.1. The largest absolute Gasteiger partial charge is 0.467 e. The van der Waals surface area contributed by atoms with Crippen LogP contribution in [0, 0.1) is 0 Å². The molecule has 0 aromatic heterocycles. The van der Waals surface area contributed by atoms with Crippen LogP contribution in [-0.4, -0.2) is 111 Å². The molecule has 2 aliphatic heterocycles. The summed E-state index contributed by atoms with van der Waals surface area (Å²) in [6.45, 7) is 11.8. The Hall–Kier alpha value is -1.38. The Morgan fingerprint density at radius 3 is 1.94 bits per heavy atom. The lowest BCUT2D eigenvalue weighted by Gasteiger charge is -2.65. The number of aliphatic hydroxyl groups excluding tert-OH is 2. The molecule has 0 aliphatic carbocycles. The van der Waals surface area contributed by atoms with Crippen molar-refractivity contribution in [1.29, 1.82) is 0 Å². The van der Waals surface area contributed by atoms with Gasteiger partial charge in [0.2, 0.25) is 5.91 Å². The maximum atomic E-state index is 13.1. The predicted molar refractivity (Wildman–Crippen MR) is 126 cm³/mol. The summed E-state index contributed by atoms with van der Waals surface area (Å²) in [5.74, 6) is -1.42. The Morgan fingerprint density at radius 1 is 1.00 bits per heavy atom. The molecule has 0 saturated carbocycles. The van der Waals surface area contributed by atoms with Gasteiger partial charge in [-0.3, -0.25) is 4.79 Å². The molecular weight excluding hydrogens is 478 g/mol. The van der Waals surface area contributed by atoms with E-state index in [0.29, 0.717) is 0 Å². The molecule has 2 fully saturated rings. The second kappa shape index (κ2) is 9.12. The minimum atomic E-state index is -2.18. The highest BCUT2D eigenvalue weighted by atomic mass is 16.7. The monoisotopic (exact) mass is 521 g/mol. The lowest BCUT2D eigenvalue weighted by Crippen LogP contribution is -2.86. The van der Waals surface area contributed by atoms with Gasteiger partial charge in [-0.15, -0.1) is 0 Å². The molecule has 0 aromatic carbocycles.